The molecule has 1 aliphatic rings. The van der Waals surface area contributed by atoms with Crippen LogP contribution in [0.3, 0.4) is 0 Å². The number of aliphatic hydroxyl groups excluding tert-OH is 1. The van der Waals surface area contributed by atoms with E-state index in [1.807, 2.05) is 24.3 Å². The number of piperidine rings is 1. The molecule has 0 bridgehead atoms. The highest BCUT2D eigenvalue weighted by Crippen LogP contribution is 2.22. The van der Waals surface area contributed by atoms with Gasteiger partial charge in [0, 0.05) is 38.5 Å². The minimum absolute atomic E-state index is 0.0950. The molecule has 0 aromatic heterocycles. The first-order valence-electron chi connectivity index (χ1n) is 8.22. The minimum atomic E-state index is -4.22. The summed E-state index contributed by atoms with van der Waals surface area (Å²) in [5.41, 5.74) is 2.01. The van der Waals surface area contributed by atoms with Crippen LogP contribution in [-0.4, -0.2) is 49.0 Å². The number of anilines is 1. The third-order valence-electron chi connectivity index (χ3n) is 4.10. The van der Waals surface area contributed by atoms with Crippen molar-refractivity contribution in [3.63, 3.8) is 0 Å². The molecule has 1 aromatic rings. The Kier molecular flexibility index (Phi) is 6.72. The molecule has 0 radical (unpaired) electrons. The maximum absolute atomic E-state index is 12.6. The predicted molar refractivity (Wildman–Crippen MR) is 85.5 cm³/mol. The highest BCUT2D eigenvalue weighted by molar-refractivity contribution is 5.47. The molecule has 6 heteroatoms. The van der Waals surface area contributed by atoms with Crippen LogP contribution in [0.1, 0.15) is 31.2 Å². The molecule has 3 nitrogen and oxygen atoms in total. The molecular formula is C17H25F3N2O. The van der Waals surface area contributed by atoms with Crippen LogP contribution in [0.2, 0.25) is 0 Å². The van der Waals surface area contributed by atoms with Crippen LogP contribution in [0, 0.1) is 0 Å². The van der Waals surface area contributed by atoms with Gasteiger partial charge in [0.1, 0.15) is 0 Å². The Bertz CT molecular complexity index is 456. The Labute approximate surface area is 135 Å². The smallest absolute Gasteiger partial charge is 0.396 e. The van der Waals surface area contributed by atoms with Gasteiger partial charge in [0.25, 0.3) is 0 Å². The second-order valence-electron chi connectivity index (χ2n) is 6.12. The summed E-state index contributed by atoms with van der Waals surface area (Å²) in [7, 11) is 0. The summed E-state index contributed by atoms with van der Waals surface area (Å²) in [6.45, 7) is 1.55. The van der Waals surface area contributed by atoms with Gasteiger partial charge in [0.2, 0.25) is 0 Å². The quantitative estimate of drug-likeness (QED) is 0.830. The molecule has 23 heavy (non-hydrogen) atoms. The Balaban J connectivity index is 1.95. The predicted octanol–water partition coefficient (Wildman–Crippen LogP) is 3.42. The van der Waals surface area contributed by atoms with E-state index in [2.05, 4.69) is 4.90 Å². The van der Waals surface area contributed by atoms with Crippen molar-refractivity contribution in [2.24, 2.45) is 0 Å². The number of hydrogen-bond donors (Lipinski definition) is 1. The fourth-order valence-corrected chi connectivity index (χ4v) is 2.98. The van der Waals surface area contributed by atoms with E-state index in [9.17, 15) is 13.2 Å². The Hall–Kier alpha value is -1.27. The molecule has 0 aliphatic carbocycles. The van der Waals surface area contributed by atoms with Gasteiger partial charge in [-0.3, -0.25) is 4.90 Å². The molecule has 1 saturated heterocycles. The van der Waals surface area contributed by atoms with E-state index < -0.39 is 12.7 Å². The van der Waals surface area contributed by atoms with Crippen molar-refractivity contribution >= 4 is 5.69 Å². The number of aliphatic hydroxyl groups is 1. The second kappa shape index (κ2) is 8.55. The Morgan fingerprint density at radius 2 is 1.70 bits per heavy atom. The highest BCUT2D eigenvalue weighted by atomic mass is 19.4. The van der Waals surface area contributed by atoms with Crippen LogP contribution in [0.5, 0.6) is 0 Å². The van der Waals surface area contributed by atoms with Gasteiger partial charge in [0.15, 0.2) is 0 Å². The molecule has 0 amide bonds. The number of rotatable bonds is 7. The molecular weight excluding hydrogens is 305 g/mol. The van der Waals surface area contributed by atoms with Crippen LogP contribution in [-0.2, 0) is 6.54 Å². The van der Waals surface area contributed by atoms with Gasteiger partial charge in [-0.2, -0.15) is 13.2 Å². The van der Waals surface area contributed by atoms with E-state index in [1.54, 1.807) is 0 Å². The molecule has 130 valence electrons. The highest BCUT2D eigenvalue weighted by Gasteiger charge is 2.30. The largest absolute Gasteiger partial charge is 0.401 e. The lowest BCUT2D eigenvalue weighted by Crippen LogP contribution is -2.35. The van der Waals surface area contributed by atoms with Crippen molar-refractivity contribution in [3.05, 3.63) is 29.8 Å². The molecule has 2 rings (SSSR count). The van der Waals surface area contributed by atoms with Crippen LogP contribution < -0.4 is 4.90 Å². The standard InChI is InChI=1S/C17H25F3N2O/c18-17(19,20)14-21(9-4-12-23)13-15-5-7-16(8-6-15)22-10-2-1-3-11-22/h5-8,23H,1-4,9-14H2. The zero-order valence-corrected chi connectivity index (χ0v) is 13.4. The summed E-state index contributed by atoms with van der Waals surface area (Å²) in [4.78, 5) is 3.67. The number of benzene rings is 1. The number of alkyl halides is 3. The molecule has 0 atom stereocenters. The van der Waals surface area contributed by atoms with E-state index in [4.69, 9.17) is 5.11 Å². The lowest BCUT2D eigenvalue weighted by molar-refractivity contribution is -0.147. The van der Waals surface area contributed by atoms with E-state index in [-0.39, 0.29) is 19.7 Å². The molecule has 1 aliphatic heterocycles. The first kappa shape index (κ1) is 18.1. The van der Waals surface area contributed by atoms with Crippen LogP contribution in [0.25, 0.3) is 0 Å². The first-order valence-corrected chi connectivity index (χ1v) is 8.22. The molecule has 1 N–H and O–H groups in total. The average Bonchev–Trinajstić information content (AvgIpc) is 2.53. The van der Waals surface area contributed by atoms with Crippen LogP contribution in [0.15, 0.2) is 24.3 Å². The Morgan fingerprint density at radius 3 is 2.26 bits per heavy atom. The molecule has 1 heterocycles. The summed E-state index contributed by atoms with van der Waals surface area (Å²) in [6.07, 6.45) is -0.207. The lowest BCUT2D eigenvalue weighted by Gasteiger charge is -2.29. The number of nitrogens with zero attached hydrogens (tertiary/aromatic N) is 2. The van der Waals surface area contributed by atoms with E-state index in [1.165, 1.54) is 24.2 Å². The van der Waals surface area contributed by atoms with Gasteiger partial charge in [0.05, 0.1) is 6.54 Å². The van der Waals surface area contributed by atoms with Gasteiger partial charge in [-0.25, -0.2) is 0 Å². The van der Waals surface area contributed by atoms with Crippen LogP contribution in [0.4, 0.5) is 18.9 Å². The molecule has 0 unspecified atom stereocenters. The maximum atomic E-state index is 12.6. The Morgan fingerprint density at radius 1 is 1.04 bits per heavy atom. The number of halogens is 3. The third kappa shape index (κ3) is 6.39. The average molecular weight is 330 g/mol. The fourth-order valence-electron chi connectivity index (χ4n) is 2.98. The summed E-state index contributed by atoms with van der Waals surface area (Å²) in [6, 6.07) is 7.81. The monoisotopic (exact) mass is 330 g/mol. The number of hydrogen-bond acceptors (Lipinski definition) is 3. The van der Waals surface area contributed by atoms with Gasteiger partial charge in [-0.05, 0) is 43.4 Å². The van der Waals surface area contributed by atoms with Gasteiger partial charge >= 0.3 is 6.18 Å². The second-order valence-corrected chi connectivity index (χ2v) is 6.12. The zero-order chi connectivity index (χ0) is 16.7. The fraction of sp³-hybridized carbons (Fsp3) is 0.647. The van der Waals surface area contributed by atoms with Crippen molar-refractivity contribution < 1.29 is 18.3 Å². The van der Waals surface area contributed by atoms with Crippen molar-refractivity contribution in [2.45, 2.75) is 38.4 Å². The topological polar surface area (TPSA) is 26.7 Å². The zero-order valence-electron chi connectivity index (χ0n) is 13.4. The van der Waals surface area contributed by atoms with Crippen molar-refractivity contribution in [1.29, 1.82) is 0 Å². The van der Waals surface area contributed by atoms with E-state index >= 15 is 0 Å². The third-order valence-corrected chi connectivity index (χ3v) is 4.10. The van der Waals surface area contributed by atoms with Crippen molar-refractivity contribution in [3.8, 4) is 0 Å². The minimum Gasteiger partial charge on any atom is -0.396 e. The molecule has 0 saturated carbocycles. The SMILES string of the molecule is OCCCN(Cc1ccc(N2CCCCC2)cc1)CC(F)(F)F. The molecule has 1 fully saturated rings. The summed E-state index contributed by atoms with van der Waals surface area (Å²) in [5.74, 6) is 0. The summed E-state index contributed by atoms with van der Waals surface area (Å²) < 4.78 is 37.9. The van der Waals surface area contributed by atoms with Crippen molar-refractivity contribution in [1.82, 2.24) is 4.90 Å². The molecule has 0 spiro atoms. The van der Waals surface area contributed by atoms with Crippen LogP contribution >= 0.6 is 0 Å². The normalized spacial score (nSPS) is 16.1. The lowest BCUT2D eigenvalue weighted by atomic mass is 10.1. The van der Waals surface area contributed by atoms with Gasteiger partial charge in [-0.1, -0.05) is 12.1 Å². The van der Waals surface area contributed by atoms with E-state index in [0.717, 1.165) is 24.3 Å². The van der Waals surface area contributed by atoms with E-state index in [0.29, 0.717) is 6.42 Å². The molecule has 1 aromatic carbocycles. The van der Waals surface area contributed by atoms with Gasteiger partial charge in [-0.15, -0.1) is 0 Å². The first-order chi connectivity index (χ1) is 11.0. The van der Waals surface area contributed by atoms with Crippen molar-refractivity contribution in [2.75, 3.05) is 37.7 Å². The summed E-state index contributed by atoms with van der Waals surface area (Å²) >= 11 is 0. The maximum Gasteiger partial charge on any atom is 0.401 e. The van der Waals surface area contributed by atoms with Gasteiger partial charge < -0.3 is 10.0 Å². The summed E-state index contributed by atoms with van der Waals surface area (Å²) in [5, 5.41) is 8.85.